The van der Waals surface area contributed by atoms with Gasteiger partial charge in [-0.3, -0.25) is 9.69 Å². The molecule has 1 aromatic heterocycles. The Morgan fingerprint density at radius 2 is 1.63 bits per heavy atom. The minimum Gasteiger partial charge on any atom is -0.475 e. The zero-order chi connectivity index (χ0) is 21.7. The Labute approximate surface area is 171 Å². The van der Waals surface area contributed by atoms with E-state index in [2.05, 4.69) is 34.5 Å². The monoisotopic (exact) mass is 424 g/mol. The quantitative estimate of drug-likeness (QED) is 0.786. The van der Waals surface area contributed by atoms with Crippen LogP contribution < -0.4 is 5.32 Å². The second-order valence-electron chi connectivity index (χ2n) is 7.40. The molecule has 0 unspecified atom stereocenters. The second-order valence-corrected chi connectivity index (χ2v) is 7.40. The number of benzene rings is 1. The summed E-state index contributed by atoms with van der Waals surface area (Å²) in [7, 11) is 0. The van der Waals surface area contributed by atoms with Gasteiger partial charge in [-0.15, -0.1) is 0 Å². The molecular formula is C21H23F3N2O4. The van der Waals surface area contributed by atoms with Gasteiger partial charge in [0.15, 0.2) is 5.76 Å². The van der Waals surface area contributed by atoms with Gasteiger partial charge in [-0.25, -0.2) is 4.79 Å². The Balaban J connectivity index is 0.000000318. The Kier molecular flexibility index (Phi) is 6.81. The SMILES string of the molecule is O=C(NC1Cc2ccccc2C1)c1ccc(CN2CCCC2)o1.O=C(O)C(F)(F)F. The molecule has 2 aromatic rings. The molecule has 1 fully saturated rings. The average molecular weight is 424 g/mol. The summed E-state index contributed by atoms with van der Waals surface area (Å²) in [6.07, 6.45) is -0.751. The lowest BCUT2D eigenvalue weighted by Crippen LogP contribution is -2.35. The fourth-order valence-corrected chi connectivity index (χ4v) is 3.66. The molecule has 1 saturated heterocycles. The number of nitrogens with zero attached hydrogens (tertiary/aromatic N) is 1. The molecule has 0 spiro atoms. The first-order chi connectivity index (χ1) is 14.2. The lowest BCUT2D eigenvalue weighted by Gasteiger charge is -2.12. The van der Waals surface area contributed by atoms with Crippen molar-refractivity contribution in [3.63, 3.8) is 0 Å². The molecule has 9 heteroatoms. The first-order valence-corrected chi connectivity index (χ1v) is 9.71. The predicted molar refractivity (Wildman–Crippen MR) is 102 cm³/mol. The maximum absolute atomic E-state index is 12.4. The Hall–Kier alpha value is -2.81. The zero-order valence-electron chi connectivity index (χ0n) is 16.2. The highest BCUT2D eigenvalue weighted by Gasteiger charge is 2.38. The van der Waals surface area contributed by atoms with Crippen molar-refractivity contribution in [2.24, 2.45) is 0 Å². The van der Waals surface area contributed by atoms with Crippen LogP contribution in [0.4, 0.5) is 13.2 Å². The van der Waals surface area contributed by atoms with E-state index < -0.39 is 12.1 Å². The minimum absolute atomic E-state index is 0.101. The highest BCUT2D eigenvalue weighted by molar-refractivity contribution is 5.91. The van der Waals surface area contributed by atoms with Crippen molar-refractivity contribution >= 4 is 11.9 Å². The van der Waals surface area contributed by atoms with Crippen LogP contribution in [0.1, 0.15) is 40.3 Å². The number of carbonyl (C=O) groups is 2. The largest absolute Gasteiger partial charge is 0.490 e. The van der Waals surface area contributed by atoms with Crippen LogP contribution in [0.3, 0.4) is 0 Å². The normalized spacial score (nSPS) is 16.6. The summed E-state index contributed by atoms with van der Waals surface area (Å²) in [6, 6.07) is 12.3. The van der Waals surface area contributed by atoms with Gasteiger partial charge in [-0.2, -0.15) is 13.2 Å². The van der Waals surface area contributed by atoms with Gasteiger partial charge in [0.25, 0.3) is 5.91 Å². The molecule has 1 amide bonds. The summed E-state index contributed by atoms with van der Waals surface area (Å²) in [4.78, 5) is 23.6. The maximum atomic E-state index is 12.4. The van der Waals surface area contributed by atoms with Gasteiger partial charge < -0.3 is 14.8 Å². The standard InChI is InChI=1S/C19H22N2O2.C2HF3O2/c22-19(20-16-11-14-5-1-2-6-15(14)12-16)18-8-7-17(23-18)13-21-9-3-4-10-21;3-2(4,5)1(6)7/h1-2,5-8,16H,3-4,9-13H2,(H,20,22);(H,6,7). The number of hydrogen-bond acceptors (Lipinski definition) is 4. The molecule has 2 heterocycles. The summed E-state index contributed by atoms with van der Waals surface area (Å²) in [6.45, 7) is 3.06. The van der Waals surface area contributed by atoms with E-state index >= 15 is 0 Å². The molecule has 1 aromatic carbocycles. The molecule has 4 rings (SSSR count). The van der Waals surface area contributed by atoms with Crippen LogP contribution in [-0.4, -0.2) is 47.2 Å². The number of aliphatic carboxylic acids is 1. The molecule has 0 bridgehead atoms. The maximum Gasteiger partial charge on any atom is 0.490 e. The van der Waals surface area contributed by atoms with Gasteiger partial charge in [0.05, 0.1) is 6.54 Å². The van der Waals surface area contributed by atoms with Crippen LogP contribution >= 0.6 is 0 Å². The van der Waals surface area contributed by atoms with Crippen molar-refractivity contribution in [3.8, 4) is 0 Å². The number of carbonyl (C=O) groups excluding carboxylic acids is 1. The summed E-state index contributed by atoms with van der Waals surface area (Å²) in [5, 5.41) is 10.2. The Morgan fingerprint density at radius 3 is 2.17 bits per heavy atom. The van der Waals surface area contributed by atoms with E-state index in [0.29, 0.717) is 5.76 Å². The number of alkyl halides is 3. The predicted octanol–water partition coefficient (Wildman–Crippen LogP) is 3.41. The van der Waals surface area contributed by atoms with Gasteiger partial charge in [0, 0.05) is 6.04 Å². The molecule has 2 N–H and O–H groups in total. The third kappa shape index (κ3) is 5.85. The van der Waals surface area contributed by atoms with Crippen LogP contribution in [0.25, 0.3) is 0 Å². The van der Waals surface area contributed by atoms with Crippen molar-refractivity contribution in [2.45, 2.75) is 44.4 Å². The fraction of sp³-hybridized carbons (Fsp3) is 0.429. The van der Waals surface area contributed by atoms with Crippen LogP contribution in [0, 0.1) is 0 Å². The van der Waals surface area contributed by atoms with Gasteiger partial charge in [-0.05, 0) is 62.0 Å². The summed E-state index contributed by atoms with van der Waals surface area (Å²) in [5.74, 6) is -1.55. The molecule has 1 aliphatic heterocycles. The third-order valence-corrected chi connectivity index (χ3v) is 5.09. The first kappa shape index (κ1) is 21.9. The fourth-order valence-electron chi connectivity index (χ4n) is 3.66. The number of furan rings is 1. The van der Waals surface area contributed by atoms with Gasteiger partial charge >= 0.3 is 12.1 Å². The summed E-state index contributed by atoms with van der Waals surface area (Å²) >= 11 is 0. The van der Waals surface area contributed by atoms with Crippen molar-refractivity contribution in [1.82, 2.24) is 10.2 Å². The van der Waals surface area contributed by atoms with Crippen LogP contribution in [0.5, 0.6) is 0 Å². The lowest BCUT2D eigenvalue weighted by atomic mass is 10.1. The molecule has 1 aliphatic carbocycles. The molecule has 0 saturated carbocycles. The molecule has 30 heavy (non-hydrogen) atoms. The van der Waals surface area contributed by atoms with Crippen LogP contribution in [0.15, 0.2) is 40.8 Å². The third-order valence-electron chi connectivity index (χ3n) is 5.09. The molecular weight excluding hydrogens is 401 g/mol. The van der Waals surface area contributed by atoms with Gasteiger partial charge in [0.1, 0.15) is 5.76 Å². The van der Waals surface area contributed by atoms with Crippen molar-refractivity contribution in [2.75, 3.05) is 13.1 Å². The highest BCUT2D eigenvalue weighted by Crippen LogP contribution is 2.22. The number of halogens is 3. The summed E-state index contributed by atoms with van der Waals surface area (Å²) < 4.78 is 37.5. The minimum atomic E-state index is -5.08. The number of likely N-dealkylation sites (tertiary alicyclic amines) is 1. The number of carboxylic acid groups (broad SMARTS) is 1. The number of hydrogen-bond donors (Lipinski definition) is 2. The first-order valence-electron chi connectivity index (χ1n) is 9.71. The van der Waals surface area contributed by atoms with E-state index in [1.54, 1.807) is 6.07 Å². The lowest BCUT2D eigenvalue weighted by molar-refractivity contribution is -0.192. The van der Waals surface area contributed by atoms with Gasteiger partial charge in [0.2, 0.25) is 0 Å². The van der Waals surface area contributed by atoms with E-state index in [-0.39, 0.29) is 11.9 Å². The van der Waals surface area contributed by atoms with E-state index in [1.807, 2.05) is 6.07 Å². The number of amides is 1. The van der Waals surface area contributed by atoms with Crippen molar-refractivity contribution < 1.29 is 32.3 Å². The smallest absolute Gasteiger partial charge is 0.475 e. The number of carboxylic acids is 1. The van der Waals surface area contributed by atoms with Gasteiger partial charge in [-0.1, -0.05) is 24.3 Å². The van der Waals surface area contributed by atoms with Crippen LogP contribution in [-0.2, 0) is 24.2 Å². The molecule has 0 radical (unpaired) electrons. The molecule has 162 valence electrons. The average Bonchev–Trinajstić information content (AvgIpc) is 3.42. The molecule has 6 nitrogen and oxygen atoms in total. The Morgan fingerprint density at radius 1 is 1.07 bits per heavy atom. The zero-order valence-corrected chi connectivity index (χ0v) is 16.2. The number of fused-ring (bicyclic) bond motifs is 1. The number of rotatable bonds is 4. The van der Waals surface area contributed by atoms with Crippen molar-refractivity contribution in [1.29, 1.82) is 0 Å². The summed E-state index contributed by atoms with van der Waals surface area (Å²) in [5.41, 5.74) is 2.68. The molecule has 0 atom stereocenters. The van der Waals surface area contributed by atoms with E-state index in [4.69, 9.17) is 14.3 Å². The molecule has 2 aliphatic rings. The van der Waals surface area contributed by atoms with E-state index in [9.17, 15) is 18.0 Å². The van der Waals surface area contributed by atoms with Crippen LogP contribution in [0.2, 0.25) is 0 Å². The van der Waals surface area contributed by atoms with Crippen molar-refractivity contribution in [3.05, 3.63) is 59.0 Å². The topological polar surface area (TPSA) is 82.8 Å². The number of nitrogens with one attached hydrogen (secondary N) is 1. The van der Waals surface area contributed by atoms with E-state index in [1.165, 1.54) is 24.0 Å². The Bertz CT molecular complexity index is 863. The second kappa shape index (κ2) is 9.34. The highest BCUT2D eigenvalue weighted by atomic mass is 19.4. The van der Waals surface area contributed by atoms with E-state index in [0.717, 1.165) is 38.2 Å².